The number of nitrogens with one attached hydrogen (secondary N) is 2. The van der Waals surface area contributed by atoms with Crippen molar-refractivity contribution in [3.05, 3.63) is 59.7 Å². The van der Waals surface area contributed by atoms with E-state index in [0.29, 0.717) is 18.4 Å². The van der Waals surface area contributed by atoms with Gasteiger partial charge in [-0.3, -0.25) is 14.5 Å². The summed E-state index contributed by atoms with van der Waals surface area (Å²) >= 11 is 0. The number of carbonyl (C=O) groups excluding carboxylic acids is 1. The van der Waals surface area contributed by atoms with Gasteiger partial charge < -0.3 is 5.32 Å². The number of sulfonamides is 1. The molecular weight excluding hydrogens is 388 g/mol. The van der Waals surface area contributed by atoms with E-state index in [1.54, 1.807) is 18.2 Å². The van der Waals surface area contributed by atoms with Crippen LogP contribution in [0.15, 0.2) is 52.4 Å². The molecule has 148 valence electrons. The molecule has 0 aromatic heterocycles. The summed E-state index contributed by atoms with van der Waals surface area (Å²) < 4.78 is 53.3. The van der Waals surface area contributed by atoms with Crippen LogP contribution < -0.4 is 10.0 Å². The van der Waals surface area contributed by atoms with Crippen molar-refractivity contribution in [2.24, 2.45) is 4.99 Å². The van der Waals surface area contributed by atoms with Crippen LogP contribution in [0, 0.1) is 11.6 Å². The second kappa shape index (κ2) is 8.05. The molecule has 2 aromatic rings. The van der Waals surface area contributed by atoms with Crippen LogP contribution in [0.4, 0.5) is 14.5 Å². The summed E-state index contributed by atoms with van der Waals surface area (Å²) in [6, 6.07) is 8.50. The summed E-state index contributed by atoms with van der Waals surface area (Å²) in [5.41, 5.74) is 0.489. The molecule has 0 saturated heterocycles. The van der Waals surface area contributed by atoms with Crippen LogP contribution in [0.25, 0.3) is 0 Å². The van der Waals surface area contributed by atoms with Crippen molar-refractivity contribution in [3.8, 4) is 0 Å². The van der Waals surface area contributed by atoms with Gasteiger partial charge in [0.15, 0.2) is 11.6 Å². The Balaban J connectivity index is 1.89. The zero-order chi connectivity index (χ0) is 20.3. The monoisotopic (exact) mass is 407 g/mol. The first-order valence-corrected chi connectivity index (χ1v) is 10.3. The van der Waals surface area contributed by atoms with Crippen molar-refractivity contribution in [1.29, 1.82) is 0 Å². The molecule has 3 rings (SSSR count). The molecule has 1 unspecified atom stereocenters. The largest absolute Gasteiger partial charge is 0.324 e. The Morgan fingerprint density at radius 3 is 2.64 bits per heavy atom. The van der Waals surface area contributed by atoms with Gasteiger partial charge in [-0.15, -0.1) is 0 Å². The number of hydrogen-bond acceptors (Lipinski definition) is 4. The lowest BCUT2D eigenvalue weighted by atomic mass is 10.1. The SMILES string of the molecule is CCCCC(N=C1NS(=O)(=O)c2ccccc21)C(=O)Nc1ccc(F)c(F)c1. The highest BCUT2D eigenvalue weighted by atomic mass is 32.2. The molecule has 0 saturated carbocycles. The van der Waals surface area contributed by atoms with Gasteiger partial charge in [-0.1, -0.05) is 31.9 Å². The van der Waals surface area contributed by atoms with Crippen molar-refractivity contribution in [2.75, 3.05) is 5.32 Å². The summed E-state index contributed by atoms with van der Waals surface area (Å²) in [6.07, 6.45) is 1.86. The first-order chi connectivity index (χ1) is 13.3. The van der Waals surface area contributed by atoms with Crippen LogP contribution in [-0.4, -0.2) is 26.2 Å². The zero-order valence-electron chi connectivity index (χ0n) is 15.1. The number of fused-ring (bicyclic) bond motifs is 1. The maximum atomic E-state index is 13.4. The average Bonchev–Trinajstić information content (AvgIpc) is 2.92. The van der Waals surface area contributed by atoms with E-state index in [4.69, 9.17) is 0 Å². The molecule has 0 aliphatic carbocycles. The minimum Gasteiger partial charge on any atom is -0.324 e. The maximum absolute atomic E-state index is 13.4. The molecule has 1 heterocycles. The highest BCUT2D eigenvalue weighted by Crippen LogP contribution is 2.23. The number of carbonyl (C=O) groups is 1. The Labute approximate surface area is 161 Å². The molecule has 2 aromatic carbocycles. The molecule has 2 N–H and O–H groups in total. The quantitative estimate of drug-likeness (QED) is 0.771. The van der Waals surface area contributed by atoms with Gasteiger partial charge >= 0.3 is 0 Å². The van der Waals surface area contributed by atoms with Gasteiger partial charge in [-0.05, 0) is 30.7 Å². The molecule has 1 atom stereocenters. The van der Waals surface area contributed by atoms with E-state index in [1.165, 1.54) is 12.1 Å². The van der Waals surface area contributed by atoms with Crippen LogP contribution in [0.5, 0.6) is 0 Å². The van der Waals surface area contributed by atoms with Gasteiger partial charge in [0.2, 0.25) is 5.91 Å². The third-order valence-corrected chi connectivity index (χ3v) is 5.67. The van der Waals surface area contributed by atoms with Gasteiger partial charge in [0.25, 0.3) is 10.0 Å². The van der Waals surface area contributed by atoms with E-state index in [9.17, 15) is 22.0 Å². The van der Waals surface area contributed by atoms with E-state index < -0.39 is 33.6 Å². The molecule has 0 fully saturated rings. The van der Waals surface area contributed by atoms with E-state index in [0.717, 1.165) is 18.6 Å². The van der Waals surface area contributed by atoms with Crippen molar-refractivity contribution < 1.29 is 22.0 Å². The lowest BCUT2D eigenvalue weighted by molar-refractivity contribution is -0.117. The second-order valence-electron chi connectivity index (χ2n) is 6.36. The van der Waals surface area contributed by atoms with E-state index in [2.05, 4.69) is 15.0 Å². The van der Waals surface area contributed by atoms with Gasteiger partial charge in [0.05, 0.1) is 4.90 Å². The van der Waals surface area contributed by atoms with Gasteiger partial charge in [0.1, 0.15) is 11.9 Å². The molecule has 0 spiro atoms. The fourth-order valence-corrected chi connectivity index (χ4v) is 4.08. The number of amidine groups is 1. The fourth-order valence-electron chi connectivity index (χ4n) is 2.84. The zero-order valence-corrected chi connectivity index (χ0v) is 15.9. The van der Waals surface area contributed by atoms with E-state index >= 15 is 0 Å². The van der Waals surface area contributed by atoms with Crippen molar-refractivity contribution >= 4 is 27.5 Å². The molecule has 1 aliphatic rings. The van der Waals surface area contributed by atoms with Crippen molar-refractivity contribution in [3.63, 3.8) is 0 Å². The first kappa shape index (κ1) is 19.9. The minimum absolute atomic E-state index is 0.0946. The van der Waals surface area contributed by atoms with Gasteiger partial charge in [-0.2, -0.15) is 0 Å². The van der Waals surface area contributed by atoms with E-state index in [1.807, 2.05) is 6.92 Å². The molecule has 0 bridgehead atoms. The summed E-state index contributed by atoms with van der Waals surface area (Å²) in [4.78, 5) is 17.1. The number of unbranched alkanes of at least 4 members (excludes halogenated alkanes) is 1. The standard InChI is InChI=1S/C19H19F2N3O3S/c1-2-3-7-16(19(25)22-12-9-10-14(20)15(21)11-12)23-18-13-6-4-5-8-17(13)28(26,27)24-18/h4-6,8-11,16H,2-3,7H2,1H3,(H,22,25)(H,23,24). The maximum Gasteiger partial charge on any atom is 0.263 e. The fraction of sp³-hybridized carbons (Fsp3) is 0.263. The summed E-state index contributed by atoms with van der Waals surface area (Å²) in [6.45, 7) is 1.95. The van der Waals surface area contributed by atoms with Crippen molar-refractivity contribution in [1.82, 2.24) is 4.72 Å². The van der Waals surface area contributed by atoms with Gasteiger partial charge in [0, 0.05) is 17.3 Å². The summed E-state index contributed by atoms with van der Waals surface area (Å²) in [5.74, 6) is -2.53. The number of amides is 1. The van der Waals surface area contributed by atoms with Crippen molar-refractivity contribution in [2.45, 2.75) is 37.1 Å². The Hall–Kier alpha value is -2.81. The van der Waals surface area contributed by atoms with Crippen LogP contribution in [0.3, 0.4) is 0 Å². The van der Waals surface area contributed by atoms with Crippen LogP contribution in [-0.2, 0) is 14.8 Å². The number of halogens is 2. The number of hydrogen-bond donors (Lipinski definition) is 2. The Kier molecular flexibility index (Phi) is 5.73. The summed E-state index contributed by atoms with van der Waals surface area (Å²) in [7, 11) is -3.72. The number of aliphatic imine (C=N–C) groups is 1. The third kappa shape index (κ3) is 4.19. The molecular formula is C19H19F2N3O3S. The number of benzene rings is 2. The predicted octanol–water partition coefficient (Wildman–Crippen LogP) is 3.20. The Bertz CT molecular complexity index is 1040. The molecule has 1 aliphatic heterocycles. The lowest BCUT2D eigenvalue weighted by Crippen LogP contribution is -2.30. The number of anilines is 1. The number of rotatable bonds is 6. The topological polar surface area (TPSA) is 87.6 Å². The van der Waals surface area contributed by atoms with Crippen LogP contribution >= 0.6 is 0 Å². The molecule has 0 radical (unpaired) electrons. The predicted molar refractivity (Wildman–Crippen MR) is 102 cm³/mol. The minimum atomic E-state index is -3.72. The normalized spacial score (nSPS) is 17.0. The highest BCUT2D eigenvalue weighted by Gasteiger charge is 2.31. The van der Waals surface area contributed by atoms with Crippen LogP contribution in [0.2, 0.25) is 0 Å². The molecule has 1 amide bonds. The average molecular weight is 407 g/mol. The Morgan fingerprint density at radius 2 is 1.93 bits per heavy atom. The Morgan fingerprint density at radius 1 is 1.18 bits per heavy atom. The first-order valence-electron chi connectivity index (χ1n) is 8.77. The lowest BCUT2D eigenvalue weighted by Gasteiger charge is -2.14. The second-order valence-corrected chi connectivity index (χ2v) is 8.01. The molecule has 6 nitrogen and oxygen atoms in total. The van der Waals surface area contributed by atoms with Crippen LogP contribution in [0.1, 0.15) is 31.7 Å². The smallest absolute Gasteiger partial charge is 0.263 e. The molecule has 9 heteroatoms. The number of nitrogens with zero attached hydrogens (tertiary/aromatic N) is 1. The van der Waals surface area contributed by atoms with E-state index in [-0.39, 0.29) is 16.4 Å². The third-order valence-electron chi connectivity index (χ3n) is 4.27. The molecule has 28 heavy (non-hydrogen) atoms. The highest BCUT2D eigenvalue weighted by molar-refractivity contribution is 7.90. The van der Waals surface area contributed by atoms with Gasteiger partial charge in [-0.25, -0.2) is 17.2 Å². The summed E-state index contributed by atoms with van der Waals surface area (Å²) in [5, 5.41) is 2.51.